The molecule has 0 saturated carbocycles. The minimum Gasteiger partial charge on any atom is -0.352 e. The van der Waals surface area contributed by atoms with Gasteiger partial charge in [0.25, 0.3) is 10.0 Å². The first-order valence-electron chi connectivity index (χ1n) is 12.2. The number of benzene rings is 3. The molecule has 3 aromatic rings. The van der Waals surface area contributed by atoms with Gasteiger partial charge in [0, 0.05) is 22.6 Å². The standard InChI is InChI=1S/C28H31Cl2N3O4S/c1-4-26(28(35)31-20(2)3)32(18-21-11-8-9-16-25(21)30)27(34)19-33(23-13-10-12-22(29)17-23)38(36,37)24-14-6-5-7-15-24/h5-17,20,26H,4,18-19H2,1-3H3,(H,31,35)/t26-/m1/s1. The third-order valence-electron chi connectivity index (χ3n) is 5.82. The van der Waals surface area contributed by atoms with Crippen LogP contribution in [0.2, 0.25) is 10.0 Å². The van der Waals surface area contributed by atoms with Crippen molar-refractivity contribution in [2.75, 3.05) is 10.8 Å². The van der Waals surface area contributed by atoms with E-state index in [9.17, 15) is 18.0 Å². The largest absolute Gasteiger partial charge is 0.352 e. The van der Waals surface area contributed by atoms with E-state index in [0.717, 1.165) is 4.31 Å². The van der Waals surface area contributed by atoms with Gasteiger partial charge in [0.2, 0.25) is 11.8 Å². The highest BCUT2D eigenvalue weighted by Crippen LogP contribution is 2.27. The predicted octanol–water partition coefficient (Wildman–Crippen LogP) is 5.52. The van der Waals surface area contributed by atoms with Crippen LogP contribution in [0.15, 0.2) is 83.8 Å². The van der Waals surface area contributed by atoms with E-state index in [-0.39, 0.29) is 29.1 Å². The van der Waals surface area contributed by atoms with Gasteiger partial charge in [-0.1, -0.05) is 72.6 Å². The summed E-state index contributed by atoms with van der Waals surface area (Å²) in [6.45, 7) is 4.94. The van der Waals surface area contributed by atoms with Gasteiger partial charge < -0.3 is 10.2 Å². The first kappa shape index (κ1) is 29.5. The molecule has 0 bridgehead atoms. The fourth-order valence-electron chi connectivity index (χ4n) is 3.99. The van der Waals surface area contributed by atoms with Crippen LogP contribution in [0, 0.1) is 0 Å². The number of amides is 2. The minimum absolute atomic E-state index is 0.0232. The van der Waals surface area contributed by atoms with Crippen LogP contribution in [0.5, 0.6) is 0 Å². The van der Waals surface area contributed by atoms with Crippen LogP contribution in [-0.2, 0) is 26.2 Å². The zero-order chi connectivity index (χ0) is 27.9. The number of hydrogen-bond acceptors (Lipinski definition) is 4. The van der Waals surface area contributed by atoms with Gasteiger partial charge in [0.15, 0.2) is 0 Å². The van der Waals surface area contributed by atoms with Crippen LogP contribution in [-0.4, -0.2) is 43.8 Å². The monoisotopic (exact) mass is 575 g/mol. The third-order valence-corrected chi connectivity index (χ3v) is 8.21. The van der Waals surface area contributed by atoms with Crippen molar-refractivity contribution in [2.45, 2.75) is 50.7 Å². The highest BCUT2D eigenvalue weighted by atomic mass is 35.5. The molecular weight excluding hydrogens is 545 g/mol. The van der Waals surface area contributed by atoms with Crippen LogP contribution in [0.4, 0.5) is 5.69 Å². The number of nitrogens with zero attached hydrogens (tertiary/aromatic N) is 2. The van der Waals surface area contributed by atoms with Gasteiger partial charge in [-0.3, -0.25) is 13.9 Å². The highest BCUT2D eigenvalue weighted by Gasteiger charge is 2.34. The van der Waals surface area contributed by atoms with Crippen molar-refractivity contribution in [3.05, 3.63) is 94.5 Å². The Hall–Kier alpha value is -3.07. The van der Waals surface area contributed by atoms with Crippen LogP contribution in [0.25, 0.3) is 0 Å². The second-order valence-electron chi connectivity index (χ2n) is 9.00. The number of rotatable bonds is 11. The average molecular weight is 577 g/mol. The van der Waals surface area contributed by atoms with E-state index >= 15 is 0 Å². The SMILES string of the molecule is CC[C@H](C(=O)NC(C)C)N(Cc1ccccc1Cl)C(=O)CN(c1cccc(Cl)c1)S(=O)(=O)c1ccccc1. The van der Waals surface area contributed by atoms with Gasteiger partial charge in [-0.05, 0) is 62.2 Å². The summed E-state index contributed by atoms with van der Waals surface area (Å²) in [6, 6.07) is 20.2. The summed E-state index contributed by atoms with van der Waals surface area (Å²) in [5.74, 6) is -0.890. The molecule has 0 radical (unpaired) electrons. The number of carbonyl (C=O) groups is 2. The minimum atomic E-state index is -4.15. The molecule has 3 rings (SSSR count). The Labute approximate surface area is 234 Å². The molecule has 38 heavy (non-hydrogen) atoms. The quantitative estimate of drug-likeness (QED) is 0.326. The summed E-state index contributed by atoms with van der Waals surface area (Å²) in [5, 5.41) is 3.62. The Kier molecular flexibility index (Phi) is 10.2. The Bertz CT molecular complexity index is 1370. The molecule has 0 aromatic heterocycles. The van der Waals surface area contributed by atoms with E-state index in [2.05, 4.69) is 5.32 Å². The highest BCUT2D eigenvalue weighted by molar-refractivity contribution is 7.92. The van der Waals surface area contributed by atoms with E-state index < -0.39 is 28.5 Å². The number of nitrogens with one attached hydrogen (secondary N) is 1. The molecule has 1 N–H and O–H groups in total. The van der Waals surface area contributed by atoms with Crippen molar-refractivity contribution in [1.82, 2.24) is 10.2 Å². The van der Waals surface area contributed by atoms with E-state index in [4.69, 9.17) is 23.2 Å². The summed E-state index contributed by atoms with van der Waals surface area (Å²) in [5.41, 5.74) is 0.866. The molecule has 10 heteroatoms. The molecule has 0 saturated heterocycles. The number of hydrogen-bond donors (Lipinski definition) is 1. The molecule has 7 nitrogen and oxygen atoms in total. The van der Waals surface area contributed by atoms with Crippen molar-refractivity contribution in [3.8, 4) is 0 Å². The number of carbonyl (C=O) groups excluding carboxylic acids is 2. The molecular formula is C28H31Cl2N3O4S. The zero-order valence-electron chi connectivity index (χ0n) is 21.5. The number of sulfonamides is 1. The van der Waals surface area contributed by atoms with Crippen molar-refractivity contribution in [2.24, 2.45) is 0 Å². The fraction of sp³-hybridized carbons (Fsp3) is 0.286. The zero-order valence-corrected chi connectivity index (χ0v) is 23.8. The molecule has 0 heterocycles. The van der Waals surface area contributed by atoms with Gasteiger partial charge in [0.1, 0.15) is 12.6 Å². The van der Waals surface area contributed by atoms with Crippen LogP contribution in [0.3, 0.4) is 0 Å². The smallest absolute Gasteiger partial charge is 0.264 e. The van der Waals surface area contributed by atoms with E-state index in [1.165, 1.54) is 23.1 Å². The number of anilines is 1. The maximum absolute atomic E-state index is 14.0. The lowest BCUT2D eigenvalue weighted by molar-refractivity contribution is -0.140. The molecule has 0 aliphatic rings. The van der Waals surface area contributed by atoms with Crippen molar-refractivity contribution >= 4 is 50.7 Å². The number of halogens is 2. The topological polar surface area (TPSA) is 86.8 Å². The molecule has 0 fully saturated rings. The van der Waals surface area contributed by atoms with Crippen molar-refractivity contribution < 1.29 is 18.0 Å². The molecule has 0 aliphatic carbocycles. The first-order valence-corrected chi connectivity index (χ1v) is 14.4. The van der Waals surface area contributed by atoms with Crippen molar-refractivity contribution in [1.29, 1.82) is 0 Å². The van der Waals surface area contributed by atoms with Gasteiger partial charge in [-0.15, -0.1) is 0 Å². The summed E-state index contributed by atoms with van der Waals surface area (Å²) < 4.78 is 28.5. The molecule has 0 spiro atoms. The van der Waals surface area contributed by atoms with E-state index in [0.29, 0.717) is 22.0 Å². The third kappa shape index (κ3) is 7.28. The van der Waals surface area contributed by atoms with Crippen LogP contribution >= 0.6 is 23.2 Å². The summed E-state index contributed by atoms with van der Waals surface area (Å²) in [6.07, 6.45) is 0.317. The van der Waals surface area contributed by atoms with Crippen LogP contribution < -0.4 is 9.62 Å². The molecule has 0 aliphatic heterocycles. The molecule has 3 aromatic carbocycles. The molecule has 0 unspecified atom stereocenters. The lowest BCUT2D eigenvalue weighted by atomic mass is 10.1. The van der Waals surface area contributed by atoms with Gasteiger partial charge in [-0.2, -0.15) is 0 Å². The van der Waals surface area contributed by atoms with Gasteiger partial charge in [0.05, 0.1) is 10.6 Å². The Balaban J connectivity index is 2.07. The second-order valence-corrected chi connectivity index (χ2v) is 11.7. The Morgan fingerprint density at radius 1 is 0.921 bits per heavy atom. The fourth-order valence-corrected chi connectivity index (χ4v) is 5.80. The second kappa shape index (κ2) is 13.1. The molecule has 202 valence electrons. The maximum Gasteiger partial charge on any atom is 0.264 e. The molecule has 2 amide bonds. The van der Waals surface area contributed by atoms with E-state index in [1.54, 1.807) is 67.6 Å². The Morgan fingerprint density at radius 2 is 1.58 bits per heavy atom. The Morgan fingerprint density at radius 3 is 2.18 bits per heavy atom. The van der Waals surface area contributed by atoms with Gasteiger partial charge in [-0.25, -0.2) is 8.42 Å². The lowest BCUT2D eigenvalue weighted by Crippen LogP contribution is -2.53. The summed E-state index contributed by atoms with van der Waals surface area (Å²) >= 11 is 12.6. The van der Waals surface area contributed by atoms with Gasteiger partial charge >= 0.3 is 0 Å². The normalized spacial score (nSPS) is 12.2. The average Bonchev–Trinajstić information content (AvgIpc) is 2.88. The van der Waals surface area contributed by atoms with Crippen LogP contribution in [0.1, 0.15) is 32.8 Å². The maximum atomic E-state index is 14.0. The summed E-state index contributed by atoms with van der Waals surface area (Å²) in [4.78, 5) is 28.5. The van der Waals surface area contributed by atoms with Crippen molar-refractivity contribution in [3.63, 3.8) is 0 Å². The molecule has 1 atom stereocenters. The van der Waals surface area contributed by atoms with E-state index in [1.807, 2.05) is 13.8 Å². The summed E-state index contributed by atoms with van der Waals surface area (Å²) in [7, 11) is -4.15. The lowest BCUT2D eigenvalue weighted by Gasteiger charge is -2.33. The predicted molar refractivity (Wildman–Crippen MR) is 152 cm³/mol. The first-order chi connectivity index (χ1) is 18.0.